The lowest BCUT2D eigenvalue weighted by Crippen LogP contribution is -2.00. The quantitative estimate of drug-likeness (QED) is 0.164. The molecule has 0 saturated carbocycles. The van der Waals surface area contributed by atoms with Gasteiger partial charge in [0.25, 0.3) is 0 Å². The van der Waals surface area contributed by atoms with Gasteiger partial charge in [-0.1, -0.05) is 170 Å². The predicted octanol–water partition coefficient (Wildman–Crippen LogP) is 12.7. The van der Waals surface area contributed by atoms with Crippen LogP contribution >= 0.6 is 11.3 Å². The smallest absolute Gasteiger partial charge is 0.164 e. The molecule has 0 radical (unpaired) electrons. The van der Waals surface area contributed by atoms with Crippen molar-refractivity contribution in [3.05, 3.63) is 188 Å². The van der Waals surface area contributed by atoms with Crippen LogP contribution in [0.5, 0.6) is 0 Å². The standard InChI is InChI=1S/C49H31N5S/c1-5-16-32(17-6-1)41-31-42(33-18-7-2-8-19-33)51-48(50-41)38-25-14-13-24-37(38)36-28-29-39-44(30-36)55-43-27-15-26-40(45(39)43)49-53-46(34-20-9-3-10-21-34)52-47(54-49)35-22-11-4-12-23-35/h1-31H. The van der Waals surface area contributed by atoms with E-state index in [9.17, 15) is 0 Å². The molecule has 0 amide bonds. The van der Waals surface area contributed by atoms with Gasteiger partial charge in [-0.25, -0.2) is 24.9 Å². The normalized spacial score (nSPS) is 11.3. The summed E-state index contributed by atoms with van der Waals surface area (Å²) >= 11 is 1.78. The summed E-state index contributed by atoms with van der Waals surface area (Å²) in [6.07, 6.45) is 0. The Bertz CT molecular complexity index is 2850. The zero-order valence-electron chi connectivity index (χ0n) is 29.5. The molecule has 0 saturated heterocycles. The van der Waals surface area contributed by atoms with E-state index in [0.29, 0.717) is 23.3 Å². The lowest BCUT2D eigenvalue weighted by molar-refractivity contribution is 1.08. The van der Waals surface area contributed by atoms with E-state index in [2.05, 4.69) is 91.0 Å². The summed E-state index contributed by atoms with van der Waals surface area (Å²) in [5.74, 6) is 2.63. The maximum Gasteiger partial charge on any atom is 0.164 e. The molecule has 55 heavy (non-hydrogen) atoms. The minimum absolute atomic E-state index is 0.647. The number of benzene rings is 7. The monoisotopic (exact) mass is 721 g/mol. The van der Waals surface area contributed by atoms with Gasteiger partial charge in [-0.05, 0) is 29.3 Å². The number of hydrogen-bond donors (Lipinski definition) is 0. The summed E-state index contributed by atoms with van der Waals surface area (Å²) in [6.45, 7) is 0. The molecule has 0 unspecified atom stereocenters. The Hall–Kier alpha value is -7.15. The zero-order valence-corrected chi connectivity index (χ0v) is 30.4. The third-order valence-corrected chi connectivity index (χ3v) is 10.9. The van der Waals surface area contributed by atoms with Gasteiger partial charge >= 0.3 is 0 Å². The number of thiophene rings is 1. The van der Waals surface area contributed by atoms with Crippen molar-refractivity contribution in [2.24, 2.45) is 0 Å². The molecule has 10 aromatic rings. The first kappa shape index (κ1) is 32.5. The maximum atomic E-state index is 5.16. The zero-order chi connectivity index (χ0) is 36.6. The molecule has 0 spiro atoms. The predicted molar refractivity (Wildman–Crippen MR) is 226 cm³/mol. The van der Waals surface area contributed by atoms with Crippen LogP contribution in [0.15, 0.2) is 188 Å². The van der Waals surface area contributed by atoms with E-state index in [-0.39, 0.29) is 0 Å². The fourth-order valence-corrected chi connectivity index (χ4v) is 8.29. The highest BCUT2D eigenvalue weighted by atomic mass is 32.1. The molecule has 5 nitrogen and oxygen atoms in total. The Labute approximate surface area is 322 Å². The molecule has 0 atom stereocenters. The number of rotatable bonds is 7. The van der Waals surface area contributed by atoms with Gasteiger partial charge < -0.3 is 0 Å². The summed E-state index contributed by atoms with van der Waals surface area (Å²) in [5.41, 5.74) is 9.89. The van der Waals surface area contributed by atoms with Crippen molar-refractivity contribution in [3.63, 3.8) is 0 Å². The van der Waals surface area contributed by atoms with Gasteiger partial charge in [0, 0.05) is 53.6 Å². The fourth-order valence-electron chi connectivity index (χ4n) is 7.12. The molecule has 0 aliphatic rings. The van der Waals surface area contributed by atoms with Crippen molar-refractivity contribution < 1.29 is 0 Å². The van der Waals surface area contributed by atoms with Gasteiger partial charge in [-0.15, -0.1) is 11.3 Å². The molecule has 10 rings (SSSR count). The second-order valence-electron chi connectivity index (χ2n) is 13.3. The molecule has 0 aliphatic heterocycles. The molecule has 3 aromatic heterocycles. The van der Waals surface area contributed by atoms with Gasteiger partial charge in [0.1, 0.15) is 0 Å². The van der Waals surface area contributed by atoms with Crippen LogP contribution in [0.3, 0.4) is 0 Å². The van der Waals surface area contributed by atoms with E-state index >= 15 is 0 Å². The van der Waals surface area contributed by atoms with E-state index in [1.54, 1.807) is 11.3 Å². The minimum Gasteiger partial charge on any atom is -0.228 e. The topological polar surface area (TPSA) is 64.5 Å². The maximum absolute atomic E-state index is 5.16. The van der Waals surface area contributed by atoms with Crippen molar-refractivity contribution in [2.75, 3.05) is 0 Å². The van der Waals surface area contributed by atoms with Crippen LogP contribution in [0.4, 0.5) is 0 Å². The van der Waals surface area contributed by atoms with Crippen LogP contribution in [0, 0.1) is 0 Å². The Kier molecular flexibility index (Phi) is 8.28. The summed E-state index contributed by atoms with van der Waals surface area (Å²) < 4.78 is 2.35. The molecular formula is C49H31N5S. The molecule has 0 N–H and O–H groups in total. The summed E-state index contributed by atoms with van der Waals surface area (Å²) in [5, 5.41) is 2.30. The average Bonchev–Trinajstić information content (AvgIpc) is 3.65. The first-order valence-corrected chi connectivity index (χ1v) is 19.0. The summed E-state index contributed by atoms with van der Waals surface area (Å²) in [7, 11) is 0. The van der Waals surface area contributed by atoms with Gasteiger partial charge in [-0.2, -0.15) is 0 Å². The second kappa shape index (κ2) is 14.0. The molecule has 258 valence electrons. The van der Waals surface area contributed by atoms with E-state index in [1.807, 2.05) is 97.1 Å². The number of nitrogens with zero attached hydrogens (tertiary/aromatic N) is 5. The Balaban J connectivity index is 1.11. The minimum atomic E-state index is 0.647. The Morgan fingerprint density at radius 2 is 0.764 bits per heavy atom. The van der Waals surface area contributed by atoms with Crippen LogP contribution in [0.25, 0.3) is 99.4 Å². The largest absolute Gasteiger partial charge is 0.228 e. The van der Waals surface area contributed by atoms with Crippen molar-refractivity contribution in [1.29, 1.82) is 0 Å². The van der Waals surface area contributed by atoms with Gasteiger partial charge in [0.05, 0.1) is 11.4 Å². The fraction of sp³-hybridized carbons (Fsp3) is 0. The molecule has 6 heteroatoms. The first-order chi connectivity index (χ1) is 27.2. The SMILES string of the molecule is c1ccc(-c2cc(-c3ccccc3)nc(-c3ccccc3-c3ccc4c(c3)sc3cccc(-c5nc(-c6ccccc6)nc(-c6ccccc6)n5)c34)n2)cc1. The second-order valence-corrected chi connectivity index (χ2v) is 14.4. The van der Waals surface area contributed by atoms with Crippen molar-refractivity contribution in [1.82, 2.24) is 24.9 Å². The summed E-state index contributed by atoms with van der Waals surface area (Å²) in [4.78, 5) is 25.4. The third kappa shape index (κ3) is 6.24. The molecule has 0 aliphatic carbocycles. The highest BCUT2D eigenvalue weighted by Crippen LogP contribution is 2.42. The molecule has 0 bridgehead atoms. The molecule has 3 heterocycles. The average molecular weight is 722 g/mol. The third-order valence-electron chi connectivity index (χ3n) is 9.78. The molecule has 7 aromatic carbocycles. The molecular weight excluding hydrogens is 691 g/mol. The van der Waals surface area contributed by atoms with Crippen molar-refractivity contribution in [2.45, 2.75) is 0 Å². The first-order valence-electron chi connectivity index (χ1n) is 18.2. The number of fused-ring (bicyclic) bond motifs is 3. The lowest BCUT2D eigenvalue weighted by Gasteiger charge is -2.13. The number of aromatic nitrogens is 5. The van der Waals surface area contributed by atoms with Gasteiger partial charge in [0.15, 0.2) is 23.3 Å². The van der Waals surface area contributed by atoms with Gasteiger partial charge in [0.2, 0.25) is 0 Å². The van der Waals surface area contributed by atoms with E-state index in [4.69, 9.17) is 24.9 Å². The summed E-state index contributed by atoms with van der Waals surface area (Å²) in [6, 6.07) is 64.5. The highest BCUT2D eigenvalue weighted by molar-refractivity contribution is 7.26. The Morgan fingerprint density at radius 3 is 1.35 bits per heavy atom. The van der Waals surface area contributed by atoms with Crippen LogP contribution in [-0.2, 0) is 0 Å². The Morgan fingerprint density at radius 1 is 0.291 bits per heavy atom. The molecule has 0 fully saturated rings. The van der Waals surface area contributed by atoms with Crippen LogP contribution in [0.2, 0.25) is 0 Å². The lowest BCUT2D eigenvalue weighted by atomic mass is 9.97. The van der Waals surface area contributed by atoms with Crippen LogP contribution in [0.1, 0.15) is 0 Å². The van der Waals surface area contributed by atoms with Gasteiger partial charge in [-0.3, -0.25) is 0 Å². The van der Waals surface area contributed by atoms with E-state index < -0.39 is 0 Å². The van der Waals surface area contributed by atoms with E-state index in [0.717, 1.165) is 66.7 Å². The highest BCUT2D eigenvalue weighted by Gasteiger charge is 2.19. The van der Waals surface area contributed by atoms with Crippen molar-refractivity contribution >= 4 is 31.5 Å². The van der Waals surface area contributed by atoms with Crippen LogP contribution < -0.4 is 0 Å². The van der Waals surface area contributed by atoms with E-state index in [1.165, 1.54) is 9.40 Å². The number of hydrogen-bond acceptors (Lipinski definition) is 6. The van der Waals surface area contributed by atoms with Crippen LogP contribution in [-0.4, -0.2) is 24.9 Å². The van der Waals surface area contributed by atoms with Crippen molar-refractivity contribution in [3.8, 4) is 79.2 Å².